The first-order valence-electron chi connectivity index (χ1n) is 10.5. The maximum Gasteiger partial charge on any atom is 0.231 e. The molecule has 4 rings (SSSR count). The molecule has 0 radical (unpaired) electrons. The maximum atomic E-state index is 13.8. The van der Waals surface area contributed by atoms with Crippen molar-refractivity contribution >= 4 is 5.91 Å². The minimum atomic E-state index is -0.175. The molecule has 0 fully saturated rings. The van der Waals surface area contributed by atoms with Gasteiger partial charge < -0.3 is 14.4 Å². The van der Waals surface area contributed by atoms with E-state index in [1.165, 1.54) is 0 Å². The summed E-state index contributed by atoms with van der Waals surface area (Å²) in [5.74, 6) is 1.45. The molecule has 0 saturated carbocycles. The maximum absolute atomic E-state index is 13.8. The lowest BCUT2D eigenvalue weighted by Crippen LogP contribution is -2.36. The van der Waals surface area contributed by atoms with Crippen LogP contribution in [0.25, 0.3) is 0 Å². The largest absolute Gasteiger partial charge is 0.454 e. The third-order valence-corrected chi connectivity index (χ3v) is 5.73. The van der Waals surface area contributed by atoms with Crippen molar-refractivity contribution in [3.63, 3.8) is 0 Å². The average Bonchev–Trinajstić information content (AvgIpc) is 3.27. The van der Waals surface area contributed by atoms with Crippen LogP contribution in [0.3, 0.4) is 0 Å². The zero-order valence-electron chi connectivity index (χ0n) is 17.5. The fourth-order valence-electron chi connectivity index (χ4n) is 3.99. The van der Waals surface area contributed by atoms with Gasteiger partial charge in [0.1, 0.15) is 0 Å². The second-order valence-corrected chi connectivity index (χ2v) is 7.61. The molecule has 2 atom stereocenters. The van der Waals surface area contributed by atoms with Crippen LogP contribution in [-0.4, -0.2) is 17.6 Å². The normalized spacial score (nSPS) is 14.2. The summed E-state index contributed by atoms with van der Waals surface area (Å²) in [6, 6.07) is 26.1. The fourth-order valence-corrected chi connectivity index (χ4v) is 3.99. The molecule has 30 heavy (non-hydrogen) atoms. The summed E-state index contributed by atoms with van der Waals surface area (Å²) in [6.45, 7) is 4.92. The molecule has 0 saturated heterocycles. The molecule has 154 valence electrons. The Hall–Kier alpha value is -3.27. The van der Waals surface area contributed by atoms with Crippen molar-refractivity contribution in [2.24, 2.45) is 0 Å². The Balaban J connectivity index is 1.66. The zero-order chi connectivity index (χ0) is 20.9. The van der Waals surface area contributed by atoms with Crippen molar-refractivity contribution in [3.8, 4) is 11.5 Å². The van der Waals surface area contributed by atoms with Crippen molar-refractivity contribution in [2.45, 2.75) is 38.8 Å². The van der Waals surface area contributed by atoms with Crippen molar-refractivity contribution in [2.75, 3.05) is 6.79 Å². The molecule has 4 nitrogen and oxygen atoms in total. The number of nitrogens with zero attached hydrogens (tertiary/aromatic N) is 1. The van der Waals surface area contributed by atoms with Crippen LogP contribution in [0, 0.1) is 0 Å². The Morgan fingerprint density at radius 1 is 0.900 bits per heavy atom. The number of hydrogen-bond acceptors (Lipinski definition) is 3. The molecular weight excluding hydrogens is 374 g/mol. The van der Waals surface area contributed by atoms with Crippen LogP contribution >= 0.6 is 0 Å². The Morgan fingerprint density at radius 3 is 2.20 bits per heavy atom. The molecule has 3 aromatic carbocycles. The number of carbonyl (C=O) groups excluding carboxylic acids is 1. The lowest BCUT2D eigenvalue weighted by molar-refractivity contribution is -0.135. The van der Waals surface area contributed by atoms with E-state index in [1.54, 1.807) is 0 Å². The number of ether oxygens (including phenoxy) is 2. The number of amides is 1. The second-order valence-electron chi connectivity index (χ2n) is 7.61. The highest BCUT2D eigenvalue weighted by Crippen LogP contribution is 2.35. The van der Waals surface area contributed by atoms with Gasteiger partial charge in [-0.15, -0.1) is 0 Å². The molecule has 4 heteroatoms. The topological polar surface area (TPSA) is 38.8 Å². The van der Waals surface area contributed by atoms with Crippen LogP contribution in [0.5, 0.6) is 11.5 Å². The summed E-state index contributed by atoms with van der Waals surface area (Å²) in [5.41, 5.74) is 3.20. The minimum absolute atomic E-state index is 0.0538. The van der Waals surface area contributed by atoms with E-state index in [0.717, 1.165) is 34.6 Å². The van der Waals surface area contributed by atoms with Crippen LogP contribution in [0.1, 0.15) is 48.9 Å². The molecule has 1 aliphatic heterocycles. The number of fused-ring (bicyclic) bond motifs is 1. The van der Waals surface area contributed by atoms with Gasteiger partial charge in [-0.3, -0.25) is 4.79 Å². The standard InChI is InChI=1S/C26H27NO3/c1-3-23(22-12-8-5-9-13-22)26(28)27(19(2)21-10-6-4-7-11-21)17-20-14-15-24-25(16-20)30-18-29-24/h4-16,19,23H,3,17-18H2,1-2H3. The molecule has 1 amide bonds. The summed E-state index contributed by atoms with van der Waals surface area (Å²) in [6.07, 6.45) is 0.752. The quantitative estimate of drug-likeness (QED) is 0.510. The molecule has 3 aromatic rings. The van der Waals surface area contributed by atoms with E-state index in [-0.39, 0.29) is 24.7 Å². The molecule has 0 spiro atoms. The molecule has 0 bridgehead atoms. The van der Waals surface area contributed by atoms with Crippen molar-refractivity contribution in [1.29, 1.82) is 0 Å². The van der Waals surface area contributed by atoms with Gasteiger partial charge >= 0.3 is 0 Å². The summed E-state index contributed by atoms with van der Waals surface area (Å²) < 4.78 is 11.0. The van der Waals surface area contributed by atoms with Crippen LogP contribution in [-0.2, 0) is 11.3 Å². The fraction of sp³-hybridized carbons (Fsp3) is 0.269. The number of rotatable bonds is 7. The minimum Gasteiger partial charge on any atom is -0.454 e. The van der Waals surface area contributed by atoms with Crippen molar-refractivity contribution < 1.29 is 14.3 Å². The third kappa shape index (κ3) is 4.18. The Kier molecular flexibility index (Phi) is 6.03. The lowest BCUT2D eigenvalue weighted by Gasteiger charge is -2.33. The highest BCUT2D eigenvalue weighted by Gasteiger charge is 2.29. The van der Waals surface area contributed by atoms with Gasteiger partial charge in [0.25, 0.3) is 0 Å². The predicted molar refractivity (Wildman–Crippen MR) is 117 cm³/mol. The summed E-state index contributed by atoms with van der Waals surface area (Å²) >= 11 is 0. The van der Waals surface area contributed by atoms with E-state index in [9.17, 15) is 4.79 Å². The van der Waals surface area contributed by atoms with Gasteiger partial charge in [-0.25, -0.2) is 0 Å². The number of carbonyl (C=O) groups is 1. The van der Waals surface area contributed by atoms with Crippen LogP contribution < -0.4 is 9.47 Å². The highest BCUT2D eigenvalue weighted by molar-refractivity contribution is 5.84. The zero-order valence-corrected chi connectivity index (χ0v) is 17.5. The van der Waals surface area contributed by atoms with E-state index in [2.05, 4.69) is 26.0 Å². The molecule has 0 N–H and O–H groups in total. The molecule has 1 aliphatic rings. The van der Waals surface area contributed by atoms with Crippen LogP contribution in [0.4, 0.5) is 0 Å². The molecule has 0 aromatic heterocycles. The average molecular weight is 402 g/mol. The van der Waals surface area contributed by atoms with E-state index in [1.807, 2.05) is 71.6 Å². The van der Waals surface area contributed by atoms with E-state index in [4.69, 9.17) is 9.47 Å². The summed E-state index contributed by atoms with van der Waals surface area (Å²) in [4.78, 5) is 15.8. The second kappa shape index (κ2) is 9.04. The van der Waals surface area contributed by atoms with Gasteiger partial charge in [0, 0.05) is 6.54 Å². The van der Waals surface area contributed by atoms with Gasteiger partial charge in [0.05, 0.1) is 12.0 Å². The highest BCUT2D eigenvalue weighted by atomic mass is 16.7. The van der Waals surface area contributed by atoms with Gasteiger partial charge in [0.2, 0.25) is 12.7 Å². The Morgan fingerprint density at radius 2 is 1.53 bits per heavy atom. The van der Waals surface area contributed by atoms with Gasteiger partial charge in [-0.05, 0) is 42.2 Å². The molecular formula is C26H27NO3. The predicted octanol–water partition coefficient (Wildman–Crippen LogP) is 5.70. The van der Waals surface area contributed by atoms with E-state index >= 15 is 0 Å². The van der Waals surface area contributed by atoms with Crippen LogP contribution in [0.2, 0.25) is 0 Å². The molecule has 1 heterocycles. The smallest absolute Gasteiger partial charge is 0.231 e. The van der Waals surface area contributed by atoms with Crippen LogP contribution in [0.15, 0.2) is 78.9 Å². The third-order valence-electron chi connectivity index (χ3n) is 5.73. The number of hydrogen-bond donors (Lipinski definition) is 0. The summed E-state index contributed by atoms with van der Waals surface area (Å²) in [5, 5.41) is 0. The Bertz CT molecular complexity index is 988. The monoisotopic (exact) mass is 401 g/mol. The molecule has 2 unspecified atom stereocenters. The van der Waals surface area contributed by atoms with Gasteiger partial charge in [0.15, 0.2) is 11.5 Å². The lowest BCUT2D eigenvalue weighted by atomic mass is 9.93. The first kappa shape index (κ1) is 20.0. The van der Waals surface area contributed by atoms with Crippen molar-refractivity contribution in [3.05, 3.63) is 95.6 Å². The first-order valence-corrected chi connectivity index (χ1v) is 10.5. The summed E-state index contributed by atoms with van der Waals surface area (Å²) in [7, 11) is 0. The van der Waals surface area contributed by atoms with Gasteiger partial charge in [-0.2, -0.15) is 0 Å². The van der Waals surface area contributed by atoms with E-state index in [0.29, 0.717) is 6.54 Å². The number of benzene rings is 3. The van der Waals surface area contributed by atoms with Gasteiger partial charge in [-0.1, -0.05) is 73.7 Å². The Labute approximate surface area is 178 Å². The van der Waals surface area contributed by atoms with E-state index < -0.39 is 0 Å². The SMILES string of the molecule is CCC(C(=O)N(Cc1ccc2c(c1)OCO2)C(C)c1ccccc1)c1ccccc1. The van der Waals surface area contributed by atoms with Crippen molar-refractivity contribution in [1.82, 2.24) is 4.90 Å². The molecule has 0 aliphatic carbocycles. The first-order chi connectivity index (χ1) is 14.7.